The molecule has 112 valence electrons. The molecule has 0 saturated heterocycles. The summed E-state index contributed by atoms with van der Waals surface area (Å²) >= 11 is 0. The molecule has 1 aromatic rings. The molecule has 0 radical (unpaired) electrons. The van der Waals surface area contributed by atoms with Crippen molar-refractivity contribution >= 4 is 5.91 Å². The van der Waals surface area contributed by atoms with Gasteiger partial charge in [0.25, 0.3) is 0 Å². The van der Waals surface area contributed by atoms with Crippen LogP contribution in [0.4, 0.5) is 0 Å². The monoisotopic (exact) mass is 280 g/mol. The number of methoxy groups -OCH3 is 2. The Kier molecular flexibility index (Phi) is 7.69. The van der Waals surface area contributed by atoms with Crippen molar-refractivity contribution in [3.63, 3.8) is 0 Å². The highest BCUT2D eigenvalue weighted by atomic mass is 16.5. The van der Waals surface area contributed by atoms with Gasteiger partial charge in [0.2, 0.25) is 5.91 Å². The Morgan fingerprint density at radius 1 is 1.25 bits per heavy atom. The molecular formula is C15H24N2O3. The second-order valence-corrected chi connectivity index (χ2v) is 4.47. The molecule has 0 aliphatic heterocycles. The van der Waals surface area contributed by atoms with E-state index in [2.05, 4.69) is 10.6 Å². The minimum Gasteiger partial charge on any atom is -0.497 e. The molecule has 5 heteroatoms. The zero-order valence-electron chi connectivity index (χ0n) is 12.4. The van der Waals surface area contributed by atoms with Crippen molar-refractivity contribution in [1.82, 2.24) is 10.6 Å². The summed E-state index contributed by atoms with van der Waals surface area (Å²) in [6.45, 7) is 3.62. The van der Waals surface area contributed by atoms with Crippen LogP contribution in [0.15, 0.2) is 24.3 Å². The van der Waals surface area contributed by atoms with Gasteiger partial charge in [0.1, 0.15) is 5.75 Å². The largest absolute Gasteiger partial charge is 0.497 e. The summed E-state index contributed by atoms with van der Waals surface area (Å²) in [4.78, 5) is 11.8. The third kappa shape index (κ3) is 5.59. The van der Waals surface area contributed by atoms with Crippen LogP contribution in [0.2, 0.25) is 0 Å². The van der Waals surface area contributed by atoms with Crippen LogP contribution in [0.1, 0.15) is 24.9 Å². The molecule has 1 rings (SSSR count). The first kappa shape index (κ1) is 16.5. The molecule has 0 spiro atoms. The van der Waals surface area contributed by atoms with Gasteiger partial charge in [-0.15, -0.1) is 0 Å². The highest BCUT2D eigenvalue weighted by molar-refractivity contribution is 5.78. The predicted octanol–water partition coefficient (Wildman–Crippen LogP) is 1.50. The highest BCUT2D eigenvalue weighted by Crippen LogP contribution is 2.19. The van der Waals surface area contributed by atoms with Gasteiger partial charge in [0.15, 0.2) is 0 Å². The van der Waals surface area contributed by atoms with Gasteiger partial charge in [-0.25, -0.2) is 0 Å². The minimum absolute atomic E-state index is 0.0104. The van der Waals surface area contributed by atoms with Crippen LogP contribution in [0.3, 0.4) is 0 Å². The Hall–Kier alpha value is -1.59. The molecule has 0 heterocycles. The lowest BCUT2D eigenvalue weighted by molar-refractivity contribution is -0.121. The Labute approximate surface area is 120 Å². The number of hydrogen-bond donors (Lipinski definition) is 2. The maximum absolute atomic E-state index is 11.8. The summed E-state index contributed by atoms with van der Waals surface area (Å²) in [5.74, 6) is 0.805. The van der Waals surface area contributed by atoms with Gasteiger partial charge >= 0.3 is 0 Å². The number of benzene rings is 1. The molecule has 0 aromatic heterocycles. The molecule has 0 bridgehead atoms. The van der Waals surface area contributed by atoms with E-state index < -0.39 is 0 Å². The van der Waals surface area contributed by atoms with Crippen LogP contribution in [-0.2, 0) is 9.53 Å². The summed E-state index contributed by atoms with van der Waals surface area (Å²) in [6.07, 6.45) is 0.843. The van der Waals surface area contributed by atoms with Crippen molar-refractivity contribution in [1.29, 1.82) is 0 Å². The average molecular weight is 280 g/mol. The minimum atomic E-state index is -0.0104. The molecular weight excluding hydrogens is 256 g/mol. The molecule has 0 aliphatic rings. The van der Waals surface area contributed by atoms with Crippen LogP contribution in [-0.4, -0.2) is 39.8 Å². The SMILES string of the molecule is CCC(NC(=O)CNCCOC)c1ccc(OC)cc1. The first-order valence-corrected chi connectivity index (χ1v) is 6.84. The van der Waals surface area contributed by atoms with Crippen LogP contribution in [0.25, 0.3) is 0 Å². The number of carbonyl (C=O) groups excluding carboxylic acids is 1. The van der Waals surface area contributed by atoms with Crippen molar-refractivity contribution in [3.8, 4) is 5.75 Å². The van der Waals surface area contributed by atoms with Crippen molar-refractivity contribution in [2.24, 2.45) is 0 Å². The summed E-state index contributed by atoms with van der Waals surface area (Å²) < 4.78 is 10.0. The molecule has 1 unspecified atom stereocenters. The highest BCUT2D eigenvalue weighted by Gasteiger charge is 2.12. The van der Waals surface area contributed by atoms with E-state index >= 15 is 0 Å². The Morgan fingerprint density at radius 3 is 2.50 bits per heavy atom. The fourth-order valence-electron chi connectivity index (χ4n) is 1.88. The van der Waals surface area contributed by atoms with Crippen LogP contribution >= 0.6 is 0 Å². The normalized spacial score (nSPS) is 11.9. The molecule has 0 saturated carbocycles. The molecule has 1 amide bonds. The third-order valence-corrected chi connectivity index (χ3v) is 3.03. The quantitative estimate of drug-likeness (QED) is 0.673. The lowest BCUT2D eigenvalue weighted by atomic mass is 10.0. The van der Waals surface area contributed by atoms with Gasteiger partial charge < -0.3 is 20.1 Å². The summed E-state index contributed by atoms with van der Waals surface area (Å²) in [5.41, 5.74) is 1.08. The van der Waals surface area contributed by atoms with E-state index in [-0.39, 0.29) is 11.9 Å². The topological polar surface area (TPSA) is 59.6 Å². The molecule has 1 aromatic carbocycles. The zero-order chi connectivity index (χ0) is 14.8. The van der Waals surface area contributed by atoms with Crippen molar-refractivity contribution in [2.45, 2.75) is 19.4 Å². The summed E-state index contributed by atoms with van der Waals surface area (Å²) in [5, 5.41) is 6.04. The summed E-state index contributed by atoms with van der Waals surface area (Å²) in [6, 6.07) is 7.79. The van der Waals surface area contributed by atoms with Gasteiger partial charge in [-0.2, -0.15) is 0 Å². The number of amides is 1. The van der Waals surface area contributed by atoms with Crippen LogP contribution < -0.4 is 15.4 Å². The van der Waals surface area contributed by atoms with Gasteiger partial charge in [-0.3, -0.25) is 4.79 Å². The first-order valence-electron chi connectivity index (χ1n) is 6.84. The van der Waals surface area contributed by atoms with E-state index in [1.54, 1.807) is 14.2 Å². The van der Waals surface area contributed by atoms with Crippen LogP contribution in [0, 0.1) is 0 Å². The number of rotatable bonds is 9. The molecule has 0 fully saturated rings. The standard InChI is InChI=1S/C15H24N2O3/c1-4-14(12-5-7-13(20-3)8-6-12)17-15(18)11-16-9-10-19-2/h5-8,14,16H,4,9-11H2,1-3H3,(H,17,18). The van der Waals surface area contributed by atoms with Gasteiger partial charge in [-0.05, 0) is 24.1 Å². The molecule has 1 atom stereocenters. The Bertz CT molecular complexity index is 393. The van der Waals surface area contributed by atoms with Gasteiger partial charge in [0.05, 0.1) is 26.3 Å². The van der Waals surface area contributed by atoms with E-state index in [1.165, 1.54) is 0 Å². The molecule has 0 aliphatic carbocycles. The van der Waals surface area contributed by atoms with E-state index in [0.717, 1.165) is 17.7 Å². The lowest BCUT2D eigenvalue weighted by Crippen LogP contribution is -2.37. The average Bonchev–Trinajstić information content (AvgIpc) is 2.49. The number of hydrogen-bond acceptors (Lipinski definition) is 4. The van der Waals surface area contributed by atoms with E-state index in [0.29, 0.717) is 19.7 Å². The van der Waals surface area contributed by atoms with Crippen molar-refractivity contribution in [3.05, 3.63) is 29.8 Å². The first-order chi connectivity index (χ1) is 9.71. The van der Waals surface area contributed by atoms with E-state index in [9.17, 15) is 4.79 Å². The van der Waals surface area contributed by atoms with Gasteiger partial charge in [-0.1, -0.05) is 19.1 Å². The fraction of sp³-hybridized carbons (Fsp3) is 0.533. The number of ether oxygens (including phenoxy) is 2. The van der Waals surface area contributed by atoms with E-state index in [1.807, 2.05) is 31.2 Å². The van der Waals surface area contributed by atoms with E-state index in [4.69, 9.17) is 9.47 Å². The molecule has 5 nitrogen and oxygen atoms in total. The van der Waals surface area contributed by atoms with Gasteiger partial charge in [0, 0.05) is 13.7 Å². The maximum Gasteiger partial charge on any atom is 0.234 e. The number of nitrogens with one attached hydrogen (secondary N) is 2. The maximum atomic E-state index is 11.8. The number of carbonyl (C=O) groups is 1. The van der Waals surface area contributed by atoms with Crippen molar-refractivity contribution < 1.29 is 14.3 Å². The predicted molar refractivity (Wildman–Crippen MR) is 78.9 cm³/mol. The molecule has 2 N–H and O–H groups in total. The third-order valence-electron chi connectivity index (χ3n) is 3.03. The fourth-order valence-corrected chi connectivity index (χ4v) is 1.88. The second-order valence-electron chi connectivity index (χ2n) is 4.47. The van der Waals surface area contributed by atoms with Crippen molar-refractivity contribution in [2.75, 3.05) is 33.9 Å². The lowest BCUT2D eigenvalue weighted by Gasteiger charge is -2.18. The molecule has 20 heavy (non-hydrogen) atoms. The van der Waals surface area contributed by atoms with Crippen LogP contribution in [0.5, 0.6) is 5.75 Å². The Balaban J connectivity index is 2.46. The Morgan fingerprint density at radius 2 is 1.95 bits per heavy atom. The summed E-state index contributed by atoms with van der Waals surface area (Å²) in [7, 11) is 3.28. The zero-order valence-corrected chi connectivity index (χ0v) is 12.4. The second kappa shape index (κ2) is 9.34. The smallest absolute Gasteiger partial charge is 0.234 e.